The van der Waals surface area contributed by atoms with Crippen LogP contribution < -0.4 is 5.32 Å². The molecule has 0 spiro atoms. The molecular formula is C19H32N2O4. The summed E-state index contributed by atoms with van der Waals surface area (Å²) < 4.78 is 0. The largest absolute Gasteiger partial charge is 0.481 e. The summed E-state index contributed by atoms with van der Waals surface area (Å²) in [7, 11) is 0. The Kier molecular flexibility index (Phi) is 7.26. The van der Waals surface area contributed by atoms with Crippen molar-refractivity contribution in [3.8, 4) is 0 Å². The van der Waals surface area contributed by atoms with E-state index in [1.54, 1.807) is 0 Å². The van der Waals surface area contributed by atoms with E-state index in [1.165, 1.54) is 0 Å². The summed E-state index contributed by atoms with van der Waals surface area (Å²) in [6.45, 7) is 5.01. The predicted octanol–water partition coefficient (Wildman–Crippen LogP) is 2.42. The van der Waals surface area contributed by atoms with E-state index in [2.05, 4.69) is 5.32 Å². The molecule has 2 unspecified atom stereocenters. The van der Waals surface area contributed by atoms with Crippen LogP contribution in [0.25, 0.3) is 0 Å². The van der Waals surface area contributed by atoms with Gasteiger partial charge in [-0.2, -0.15) is 0 Å². The maximum Gasteiger partial charge on any atom is 0.308 e. The Balaban J connectivity index is 1.89. The van der Waals surface area contributed by atoms with Gasteiger partial charge in [0.1, 0.15) is 0 Å². The van der Waals surface area contributed by atoms with Crippen LogP contribution in [0.5, 0.6) is 0 Å². The molecule has 1 saturated heterocycles. The molecule has 0 radical (unpaired) electrons. The summed E-state index contributed by atoms with van der Waals surface area (Å²) in [5.74, 6) is -1.30. The van der Waals surface area contributed by atoms with Gasteiger partial charge in [0.25, 0.3) is 0 Å². The zero-order chi connectivity index (χ0) is 18.4. The lowest BCUT2D eigenvalue weighted by Gasteiger charge is -2.34. The number of aliphatic carboxylic acids is 1. The number of hydrogen-bond acceptors (Lipinski definition) is 3. The lowest BCUT2D eigenvalue weighted by atomic mass is 9.86. The van der Waals surface area contributed by atoms with Crippen LogP contribution in [0, 0.1) is 17.8 Å². The molecule has 2 aliphatic rings. The van der Waals surface area contributed by atoms with Gasteiger partial charge in [0.15, 0.2) is 0 Å². The van der Waals surface area contributed by atoms with Gasteiger partial charge in [-0.1, -0.05) is 39.5 Å². The van der Waals surface area contributed by atoms with Crippen LogP contribution in [0.4, 0.5) is 0 Å². The third-order valence-electron chi connectivity index (χ3n) is 5.58. The third kappa shape index (κ3) is 5.44. The fraction of sp³-hybridized carbons (Fsp3) is 0.842. The smallest absolute Gasteiger partial charge is 0.308 e. The van der Waals surface area contributed by atoms with Crippen molar-refractivity contribution >= 4 is 17.8 Å². The summed E-state index contributed by atoms with van der Waals surface area (Å²) in [5.41, 5.74) is 0. The summed E-state index contributed by atoms with van der Waals surface area (Å²) in [4.78, 5) is 38.1. The quantitative estimate of drug-likeness (QED) is 0.813. The fourth-order valence-electron chi connectivity index (χ4n) is 3.98. The van der Waals surface area contributed by atoms with Crippen LogP contribution >= 0.6 is 0 Å². The van der Waals surface area contributed by atoms with Crippen molar-refractivity contribution in [2.75, 3.05) is 13.1 Å². The van der Waals surface area contributed by atoms with E-state index < -0.39 is 11.9 Å². The minimum Gasteiger partial charge on any atom is -0.481 e. The standard InChI is InChI=1S/C19H32N2O4/c1-13(2)18(23)21-11-9-14(10-12-21)17(22)20-16-8-6-4-3-5-7-15(16)19(24)25/h13-16H,3-12H2,1-2H3,(H,20,22)(H,24,25). The molecule has 1 heterocycles. The summed E-state index contributed by atoms with van der Waals surface area (Å²) in [6, 6.07) is -0.263. The Hall–Kier alpha value is -1.59. The van der Waals surface area contributed by atoms with Crippen LogP contribution in [0.2, 0.25) is 0 Å². The number of nitrogens with one attached hydrogen (secondary N) is 1. The number of piperidine rings is 1. The molecule has 142 valence electrons. The topological polar surface area (TPSA) is 86.7 Å². The molecule has 2 N–H and O–H groups in total. The summed E-state index contributed by atoms with van der Waals surface area (Å²) in [5, 5.41) is 12.5. The van der Waals surface area contributed by atoms with Crippen LogP contribution in [0.1, 0.15) is 65.2 Å². The van der Waals surface area contributed by atoms with E-state index in [0.29, 0.717) is 32.4 Å². The van der Waals surface area contributed by atoms with Gasteiger partial charge in [0.2, 0.25) is 11.8 Å². The SMILES string of the molecule is CC(C)C(=O)N1CCC(C(=O)NC2CCCCCCC2C(=O)O)CC1. The molecule has 2 rings (SSSR count). The fourth-order valence-corrected chi connectivity index (χ4v) is 3.98. The molecule has 0 aromatic rings. The van der Waals surface area contributed by atoms with Gasteiger partial charge in [0, 0.05) is 31.0 Å². The first-order chi connectivity index (χ1) is 11.9. The number of likely N-dealkylation sites (tertiary alicyclic amines) is 1. The van der Waals surface area contributed by atoms with Crippen molar-refractivity contribution in [1.82, 2.24) is 10.2 Å². The van der Waals surface area contributed by atoms with Crippen molar-refractivity contribution in [2.45, 2.75) is 71.3 Å². The maximum absolute atomic E-state index is 12.6. The van der Waals surface area contributed by atoms with E-state index in [0.717, 1.165) is 32.1 Å². The molecule has 0 aromatic heterocycles. The Morgan fingerprint density at radius 2 is 1.56 bits per heavy atom. The van der Waals surface area contributed by atoms with Gasteiger partial charge in [0.05, 0.1) is 5.92 Å². The molecular weight excluding hydrogens is 320 g/mol. The first kappa shape index (κ1) is 19.7. The van der Waals surface area contributed by atoms with E-state index in [1.807, 2.05) is 18.7 Å². The van der Waals surface area contributed by atoms with Crippen LogP contribution in [-0.4, -0.2) is 46.9 Å². The van der Waals surface area contributed by atoms with Gasteiger partial charge < -0.3 is 15.3 Å². The number of rotatable bonds is 4. The van der Waals surface area contributed by atoms with Crippen molar-refractivity contribution in [3.63, 3.8) is 0 Å². The van der Waals surface area contributed by atoms with Crippen molar-refractivity contribution in [3.05, 3.63) is 0 Å². The minimum atomic E-state index is -0.801. The molecule has 0 bridgehead atoms. The van der Waals surface area contributed by atoms with Crippen LogP contribution in [-0.2, 0) is 14.4 Å². The number of hydrogen-bond donors (Lipinski definition) is 2. The number of nitrogens with zero attached hydrogens (tertiary/aromatic N) is 1. The highest BCUT2D eigenvalue weighted by molar-refractivity contribution is 5.81. The molecule has 6 nitrogen and oxygen atoms in total. The highest BCUT2D eigenvalue weighted by Crippen LogP contribution is 2.25. The number of carbonyl (C=O) groups excluding carboxylic acids is 2. The van der Waals surface area contributed by atoms with Gasteiger partial charge in [-0.25, -0.2) is 0 Å². The first-order valence-electron chi connectivity index (χ1n) is 9.72. The van der Waals surface area contributed by atoms with Crippen molar-refractivity contribution in [1.29, 1.82) is 0 Å². The highest BCUT2D eigenvalue weighted by atomic mass is 16.4. The Morgan fingerprint density at radius 1 is 0.960 bits per heavy atom. The lowest BCUT2D eigenvalue weighted by molar-refractivity contribution is -0.144. The molecule has 25 heavy (non-hydrogen) atoms. The summed E-state index contributed by atoms with van der Waals surface area (Å²) in [6.07, 6.45) is 6.77. The van der Waals surface area contributed by atoms with E-state index >= 15 is 0 Å². The number of carboxylic acids is 1. The number of carboxylic acid groups (broad SMARTS) is 1. The average Bonchev–Trinajstić information content (AvgIpc) is 2.56. The van der Waals surface area contributed by atoms with Crippen LogP contribution in [0.3, 0.4) is 0 Å². The molecule has 1 aliphatic carbocycles. The zero-order valence-corrected chi connectivity index (χ0v) is 15.5. The first-order valence-corrected chi connectivity index (χ1v) is 9.72. The van der Waals surface area contributed by atoms with Gasteiger partial charge in [-0.05, 0) is 25.7 Å². The van der Waals surface area contributed by atoms with E-state index in [4.69, 9.17) is 0 Å². The monoisotopic (exact) mass is 352 g/mol. The second kappa shape index (κ2) is 9.20. The average molecular weight is 352 g/mol. The Bertz CT molecular complexity index is 484. The minimum absolute atomic E-state index is 0.0170. The predicted molar refractivity (Wildman–Crippen MR) is 94.9 cm³/mol. The second-order valence-corrected chi connectivity index (χ2v) is 7.81. The Morgan fingerprint density at radius 3 is 2.12 bits per heavy atom. The van der Waals surface area contributed by atoms with E-state index in [-0.39, 0.29) is 29.7 Å². The lowest BCUT2D eigenvalue weighted by Crippen LogP contribution is -2.49. The number of amides is 2. The molecule has 2 amide bonds. The van der Waals surface area contributed by atoms with Gasteiger partial charge in [-0.3, -0.25) is 14.4 Å². The van der Waals surface area contributed by atoms with Crippen LogP contribution in [0.15, 0.2) is 0 Å². The van der Waals surface area contributed by atoms with Gasteiger partial charge >= 0.3 is 5.97 Å². The Labute approximate surface area is 150 Å². The van der Waals surface area contributed by atoms with E-state index in [9.17, 15) is 19.5 Å². The van der Waals surface area contributed by atoms with Crippen molar-refractivity contribution in [2.24, 2.45) is 17.8 Å². The normalized spacial score (nSPS) is 26.0. The molecule has 0 aromatic carbocycles. The molecule has 2 atom stereocenters. The molecule has 6 heteroatoms. The van der Waals surface area contributed by atoms with Crippen molar-refractivity contribution < 1.29 is 19.5 Å². The third-order valence-corrected chi connectivity index (χ3v) is 5.58. The molecule has 1 saturated carbocycles. The number of carbonyl (C=O) groups is 3. The maximum atomic E-state index is 12.6. The highest BCUT2D eigenvalue weighted by Gasteiger charge is 2.33. The molecule has 1 aliphatic heterocycles. The molecule has 2 fully saturated rings. The van der Waals surface area contributed by atoms with Gasteiger partial charge in [-0.15, -0.1) is 0 Å². The zero-order valence-electron chi connectivity index (χ0n) is 15.5. The summed E-state index contributed by atoms with van der Waals surface area (Å²) >= 11 is 0. The second-order valence-electron chi connectivity index (χ2n) is 7.81.